The van der Waals surface area contributed by atoms with Crippen LogP contribution >= 0.6 is 0 Å². The van der Waals surface area contributed by atoms with Crippen LogP contribution in [0.2, 0.25) is 0 Å². The molecule has 0 saturated carbocycles. The van der Waals surface area contributed by atoms with Gasteiger partial charge in [-0.25, -0.2) is 23.4 Å². The Kier molecular flexibility index (Phi) is 5.17. The lowest BCUT2D eigenvalue weighted by atomic mass is 10.2. The van der Waals surface area contributed by atoms with Gasteiger partial charge in [-0.05, 0) is 48.0 Å². The molecule has 0 atom stereocenters. The first-order valence-corrected chi connectivity index (χ1v) is 8.85. The second kappa shape index (κ2) is 8.08. The molecule has 0 aliphatic carbocycles. The first-order valence-electron chi connectivity index (χ1n) is 8.85. The van der Waals surface area contributed by atoms with Gasteiger partial charge in [-0.1, -0.05) is 36.4 Å². The fourth-order valence-corrected chi connectivity index (χ4v) is 2.77. The number of hydrogen-bond acceptors (Lipinski definition) is 5. The van der Waals surface area contributed by atoms with Crippen LogP contribution in [0.3, 0.4) is 0 Å². The molecule has 0 amide bonds. The molecule has 0 bridgehead atoms. The summed E-state index contributed by atoms with van der Waals surface area (Å²) in [6.45, 7) is 0. The maximum absolute atomic E-state index is 13.9. The summed E-state index contributed by atoms with van der Waals surface area (Å²) in [5.74, 6) is -2.81. The molecule has 1 heterocycles. The number of hydrogen-bond donors (Lipinski definition) is 0. The van der Waals surface area contributed by atoms with Crippen LogP contribution in [-0.2, 0) is 9.53 Å². The van der Waals surface area contributed by atoms with Crippen molar-refractivity contribution in [3.05, 3.63) is 107 Å². The summed E-state index contributed by atoms with van der Waals surface area (Å²) >= 11 is 0. The van der Waals surface area contributed by atoms with E-state index in [1.54, 1.807) is 18.2 Å². The van der Waals surface area contributed by atoms with Gasteiger partial charge in [-0.15, -0.1) is 0 Å². The van der Waals surface area contributed by atoms with E-state index in [4.69, 9.17) is 9.47 Å². The minimum Gasteiger partial charge on any atom is -0.423 e. The molecule has 3 aromatic rings. The molecule has 1 aliphatic rings. The Hall–Kier alpha value is -4.13. The quantitative estimate of drug-likeness (QED) is 0.364. The molecule has 0 N–H and O–H groups in total. The maximum atomic E-state index is 13.9. The van der Waals surface area contributed by atoms with E-state index in [2.05, 4.69) is 4.99 Å². The minimum absolute atomic E-state index is 0.0363. The van der Waals surface area contributed by atoms with Gasteiger partial charge in [-0.3, -0.25) is 0 Å². The zero-order valence-electron chi connectivity index (χ0n) is 15.3. The molecule has 148 valence electrons. The summed E-state index contributed by atoms with van der Waals surface area (Å²) in [7, 11) is 0. The van der Waals surface area contributed by atoms with Crippen molar-refractivity contribution in [2.45, 2.75) is 0 Å². The van der Waals surface area contributed by atoms with Crippen molar-refractivity contribution in [1.29, 1.82) is 0 Å². The predicted octanol–water partition coefficient (Wildman–Crippen LogP) is 4.53. The number of rotatable bonds is 4. The Morgan fingerprint density at radius 2 is 1.67 bits per heavy atom. The molecule has 1 aliphatic heterocycles. The van der Waals surface area contributed by atoms with Crippen LogP contribution in [0, 0.1) is 11.6 Å². The van der Waals surface area contributed by atoms with Crippen LogP contribution in [0.4, 0.5) is 8.78 Å². The van der Waals surface area contributed by atoms with E-state index in [1.165, 1.54) is 54.6 Å². The monoisotopic (exact) mass is 405 g/mol. The fraction of sp³-hybridized carbons (Fsp3) is 0. The van der Waals surface area contributed by atoms with Crippen LogP contribution in [0.5, 0.6) is 5.75 Å². The Labute approximate surface area is 169 Å². The number of cyclic esters (lactones) is 1. The third-order valence-corrected chi connectivity index (χ3v) is 4.19. The molecule has 0 fully saturated rings. The number of aliphatic imine (C=N–C) groups is 1. The Balaban J connectivity index is 1.58. The first-order chi connectivity index (χ1) is 14.5. The van der Waals surface area contributed by atoms with Crippen molar-refractivity contribution in [3.63, 3.8) is 0 Å². The summed E-state index contributed by atoms with van der Waals surface area (Å²) < 4.78 is 37.9. The maximum Gasteiger partial charge on any atom is 0.363 e. The van der Waals surface area contributed by atoms with Gasteiger partial charge in [0, 0.05) is 0 Å². The van der Waals surface area contributed by atoms with Gasteiger partial charge < -0.3 is 9.47 Å². The summed E-state index contributed by atoms with van der Waals surface area (Å²) in [5.41, 5.74) is 0.326. The standard InChI is InChI=1S/C23H13F2NO4/c24-18-10-3-1-8-16(18)21-26-20(23(28)30-21)13-14-6-5-7-15(12-14)29-22(27)17-9-2-4-11-19(17)25/h1-13H/b20-13+. The van der Waals surface area contributed by atoms with Crippen molar-refractivity contribution < 1.29 is 27.8 Å². The third kappa shape index (κ3) is 4.00. The van der Waals surface area contributed by atoms with Crippen molar-refractivity contribution in [1.82, 2.24) is 0 Å². The number of esters is 2. The number of carbonyl (C=O) groups excluding carboxylic acids is 2. The Morgan fingerprint density at radius 3 is 2.43 bits per heavy atom. The van der Waals surface area contributed by atoms with Crippen molar-refractivity contribution in [2.75, 3.05) is 0 Å². The topological polar surface area (TPSA) is 65.0 Å². The lowest BCUT2D eigenvalue weighted by molar-refractivity contribution is -0.129. The lowest BCUT2D eigenvalue weighted by Gasteiger charge is -2.06. The van der Waals surface area contributed by atoms with E-state index in [0.29, 0.717) is 5.56 Å². The second-order valence-corrected chi connectivity index (χ2v) is 6.26. The summed E-state index contributed by atoms with van der Waals surface area (Å²) in [5, 5.41) is 0. The average molecular weight is 405 g/mol. The highest BCUT2D eigenvalue weighted by Crippen LogP contribution is 2.23. The summed E-state index contributed by atoms with van der Waals surface area (Å²) in [6, 6.07) is 17.5. The van der Waals surface area contributed by atoms with E-state index in [-0.39, 0.29) is 28.5 Å². The number of carbonyl (C=O) groups is 2. The van der Waals surface area contributed by atoms with Crippen LogP contribution in [0.1, 0.15) is 21.5 Å². The van der Waals surface area contributed by atoms with Crippen LogP contribution in [0.25, 0.3) is 6.08 Å². The molecule has 0 saturated heterocycles. The molecule has 3 aromatic carbocycles. The van der Waals surface area contributed by atoms with Crippen molar-refractivity contribution in [3.8, 4) is 5.75 Å². The third-order valence-electron chi connectivity index (χ3n) is 4.19. The van der Waals surface area contributed by atoms with Crippen LogP contribution in [-0.4, -0.2) is 17.8 Å². The van der Waals surface area contributed by atoms with Crippen molar-refractivity contribution >= 4 is 23.9 Å². The van der Waals surface area contributed by atoms with Gasteiger partial charge in [0.15, 0.2) is 5.70 Å². The van der Waals surface area contributed by atoms with E-state index in [0.717, 1.165) is 6.07 Å². The average Bonchev–Trinajstić information content (AvgIpc) is 3.09. The van der Waals surface area contributed by atoms with Gasteiger partial charge in [0.25, 0.3) is 0 Å². The van der Waals surface area contributed by atoms with E-state index in [9.17, 15) is 18.4 Å². The molecule has 0 spiro atoms. The van der Waals surface area contributed by atoms with E-state index in [1.807, 2.05) is 0 Å². The highest BCUT2D eigenvalue weighted by Gasteiger charge is 2.26. The number of nitrogens with zero attached hydrogens (tertiary/aromatic N) is 1. The SMILES string of the molecule is O=C1OC(c2ccccc2F)=N/C1=C/c1cccc(OC(=O)c2ccccc2F)c1. The predicted molar refractivity (Wildman–Crippen MR) is 105 cm³/mol. The second-order valence-electron chi connectivity index (χ2n) is 6.26. The minimum atomic E-state index is -0.849. The van der Waals surface area contributed by atoms with Gasteiger partial charge >= 0.3 is 11.9 Å². The normalized spacial score (nSPS) is 14.4. The zero-order valence-corrected chi connectivity index (χ0v) is 15.3. The highest BCUT2D eigenvalue weighted by atomic mass is 19.1. The highest BCUT2D eigenvalue weighted by molar-refractivity contribution is 6.13. The Morgan fingerprint density at radius 1 is 0.933 bits per heavy atom. The zero-order chi connectivity index (χ0) is 21.1. The molecule has 7 heteroatoms. The summed E-state index contributed by atoms with van der Waals surface area (Å²) in [6.07, 6.45) is 1.41. The largest absolute Gasteiger partial charge is 0.423 e. The van der Waals surface area contributed by atoms with Gasteiger partial charge in [-0.2, -0.15) is 0 Å². The fourth-order valence-electron chi connectivity index (χ4n) is 2.77. The molecule has 4 rings (SSSR count). The lowest BCUT2D eigenvalue weighted by Crippen LogP contribution is -2.10. The molecule has 0 aromatic heterocycles. The van der Waals surface area contributed by atoms with E-state index < -0.39 is 23.6 Å². The van der Waals surface area contributed by atoms with Gasteiger partial charge in [0.05, 0.1) is 11.1 Å². The van der Waals surface area contributed by atoms with E-state index >= 15 is 0 Å². The van der Waals surface area contributed by atoms with Crippen LogP contribution in [0.15, 0.2) is 83.5 Å². The number of halogens is 2. The Bertz CT molecular complexity index is 1220. The van der Waals surface area contributed by atoms with Crippen molar-refractivity contribution in [2.24, 2.45) is 4.99 Å². The summed E-state index contributed by atoms with van der Waals surface area (Å²) in [4.78, 5) is 28.3. The molecule has 5 nitrogen and oxygen atoms in total. The molecule has 30 heavy (non-hydrogen) atoms. The molecular weight excluding hydrogens is 392 g/mol. The molecular formula is C23H13F2NO4. The smallest absolute Gasteiger partial charge is 0.363 e. The first kappa shape index (κ1) is 19.2. The number of benzene rings is 3. The van der Waals surface area contributed by atoms with Gasteiger partial charge in [0.2, 0.25) is 5.90 Å². The van der Waals surface area contributed by atoms with Crippen LogP contribution < -0.4 is 4.74 Å². The van der Waals surface area contributed by atoms with Gasteiger partial charge in [0.1, 0.15) is 17.4 Å². The number of ether oxygens (including phenoxy) is 2. The molecule has 0 radical (unpaired) electrons. The molecule has 0 unspecified atom stereocenters.